The van der Waals surface area contributed by atoms with E-state index in [1.54, 1.807) is 12.1 Å². The van der Waals surface area contributed by atoms with Crippen LogP contribution in [0.15, 0.2) is 48.5 Å². The number of rotatable bonds is 1. The topological polar surface area (TPSA) is 46.2 Å². The number of benzene rings is 3. The predicted octanol–water partition coefficient (Wildman–Crippen LogP) is 3.92. The highest BCUT2D eigenvalue weighted by molar-refractivity contribution is 6.11. The van der Waals surface area contributed by atoms with E-state index in [4.69, 9.17) is 0 Å². The maximum atomic E-state index is 12.1. The lowest BCUT2D eigenvalue weighted by Gasteiger charge is -2.06. The lowest BCUT2D eigenvalue weighted by Crippen LogP contribution is -2.00. The number of hydrogen-bond acceptors (Lipinski definition) is 2. The summed E-state index contributed by atoms with van der Waals surface area (Å²) in [5.74, 6) is -0.657. The third-order valence-corrected chi connectivity index (χ3v) is 3.24. The molecule has 0 saturated heterocycles. The molecule has 0 aliphatic heterocycles. The summed E-state index contributed by atoms with van der Waals surface area (Å²) in [7, 11) is 1.31. The van der Waals surface area contributed by atoms with Crippen LogP contribution in [0.2, 0.25) is 0 Å². The first-order valence-electron chi connectivity index (χ1n) is 5.91. The molecule has 0 aromatic heterocycles. The first-order chi connectivity index (χ1) is 9.20. The number of methoxy groups -OCH3 is 1. The van der Waals surface area contributed by atoms with Gasteiger partial charge in [-0.2, -0.15) is 0 Å². The monoisotopic (exact) mass is 251 g/mol. The summed E-state index contributed by atoms with van der Waals surface area (Å²) in [6.45, 7) is 0. The zero-order chi connectivity index (χ0) is 13.4. The van der Waals surface area contributed by atoms with E-state index in [1.165, 1.54) is 13.2 Å². The summed E-state index contributed by atoms with van der Waals surface area (Å²) >= 11 is 0. The molecule has 0 aliphatic carbocycles. The minimum atomic E-state index is -0.494. The van der Waals surface area contributed by atoms with E-state index in [9.17, 15) is 9.90 Å². The normalized spacial score (nSPS) is 10.8. The fourth-order valence-corrected chi connectivity index (χ4v) is 2.32. The van der Waals surface area contributed by atoms with Crippen LogP contribution in [0.4, 0.5) is 0 Å². The molecule has 19 heavy (non-hydrogen) atoms. The van der Waals surface area contributed by atoms with Crippen LogP contribution in [0.25, 0.3) is 21.5 Å². The summed E-state index contributed by atoms with van der Waals surface area (Å²) in [4.78, 5) is 11.6. The minimum absolute atomic E-state index is 0.163. The maximum Gasteiger partial charge on any atom is 0.338 e. The first-order valence-corrected chi connectivity index (χ1v) is 5.91. The third-order valence-electron chi connectivity index (χ3n) is 3.24. The van der Waals surface area contributed by atoms with E-state index in [0.717, 1.165) is 16.2 Å². The van der Waals surface area contributed by atoms with Gasteiger partial charge in [0.15, 0.2) is 5.75 Å². The Labute approximate surface area is 110 Å². The van der Waals surface area contributed by atoms with Gasteiger partial charge >= 0.3 is 5.97 Å². The lowest BCUT2D eigenvalue weighted by molar-refractivity contribution is 0.0600. The molecule has 0 amide bonds. The lowest BCUT2D eigenvalue weighted by atomic mass is 9.99. The highest BCUT2D eigenvalue weighted by Crippen LogP contribution is 2.32. The Kier molecular flexibility index (Phi) is 2.60. The van der Waals surface area contributed by atoms with Gasteiger partial charge in [0.2, 0.25) is 0 Å². The second kappa shape index (κ2) is 4.28. The molecule has 0 saturated carbocycles. The van der Waals surface area contributed by atoms with E-state index in [2.05, 4.69) is 4.74 Å². The van der Waals surface area contributed by atoms with Crippen LogP contribution in [0.3, 0.4) is 0 Å². The molecule has 93 valence electrons. The Bertz CT molecular complexity index is 790. The molecule has 3 aromatic carbocycles. The van der Waals surface area contributed by atoms with Crippen LogP contribution < -0.4 is 0 Å². The fraction of sp³-hybridized carbons (Fsp3) is 0.0625. The first kappa shape index (κ1) is 11.5. The maximum absolute atomic E-state index is 12.1. The van der Waals surface area contributed by atoms with Gasteiger partial charge in [-0.3, -0.25) is 5.11 Å². The Balaban J connectivity index is 2.43. The second-order valence-electron chi connectivity index (χ2n) is 4.35. The minimum Gasteiger partial charge on any atom is -0.465 e. The molecular weight excluding hydrogens is 240 g/mol. The number of fused-ring (bicyclic) bond motifs is 3. The van der Waals surface area contributed by atoms with Gasteiger partial charge in [-0.1, -0.05) is 30.3 Å². The van der Waals surface area contributed by atoms with Crippen LogP contribution in [0, 0.1) is 0 Å². The average Bonchev–Trinajstić information content (AvgIpc) is 2.46. The van der Waals surface area contributed by atoms with Crippen molar-refractivity contribution < 1.29 is 14.6 Å². The van der Waals surface area contributed by atoms with Gasteiger partial charge in [0.25, 0.3) is 0 Å². The van der Waals surface area contributed by atoms with Crippen molar-refractivity contribution in [2.75, 3.05) is 7.11 Å². The van der Waals surface area contributed by atoms with Crippen molar-refractivity contribution >= 4 is 27.5 Å². The van der Waals surface area contributed by atoms with Gasteiger partial charge in [0, 0.05) is 11.5 Å². The Morgan fingerprint density at radius 2 is 1.74 bits per heavy atom. The molecule has 1 radical (unpaired) electrons. The molecule has 0 spiro atoms. The zero-order valence-corrected chi connectivity index (χ0v) is 10.3. The number of hydrogen-bond donors (Lipinski definition) is 0. The predicted molar refractivity (Wildman–Crippen MR) is 72.9 cm³/mol. The standard InChI is InChI=1S/C16H11O3/c1-19-16(18)11-8-14-12-5-3-2-4-10(12)6-7-13(14)15(17)9-11/h2-9H,1H3. The van der Waals surface area contributed by atoms with Crippen LogP contribution in [0.5, 0.6) is 5.75 Å². The van der Waals surface area contributed by atoms with E-state index in [0.29, 0.717) is 5.39 Å². The van der Waals surface area contributed by atoms with Crippen molar-refractivity contribution in [3.63, 3.8) is 0 Å². The average molecular weight is 251 g/mol. The molecular formula is C16H11O3. The number of carbonyl (C=O) groups excluding carboxylic acids is 1. The molecule has 0 unspecified atom stereocenters. The molecule has 3 nitrogen and oxygen atoms in total. The van der Waals surface area contributed by atoms with Crippen molar-refractivity contribution in [1.29, 1.82) is 0 Å². The van der Waals surface area contributed by atoms with Gasteiger partial charge in [-0.05, 0) is 28.3 Å². The molecule has 0 fully saturated rings. The van der Waals surface area contributed by atoms with E-state index < -0.39 is 5.97 Å². The van der Waals surface area contributed by atoms with Crippen LogP contribution in [-0.4, -0.2) is 13.1 Å². The molecule has 3 aromatic rings. The van der Waals surface area contributed by atoms with Gasteiger partial charge < -0.3 is 4.74 Å². The molecule has 0 N–H and O–H groups in total. The highest BCUT2D eigenvalue weighted by atomic mass is 16.5. The molecule has 0 atom stereocenters. The van der Waals surface area contributed by atoms with Gasteiger partial charge in [-0.15, -0.1) is 0 Å². The SMILES string of the molecule is COC(=O)c1cc([O])c2ccc3ccccc3c2c1. The van der Waals surface area contributed by atoms with Crippen molar-refractivity contribution in [3.05, 3.63) is 54.1 Å². The van der Waals surface area contributed by atoms with Gasteiger partial charge in [-0.25, -0.2) is 4.79 Å². The van der Waals surface area contributed by atoms with Crippen molar-refractivity contribution in [2.24, 2.45) is 0 Å². The Hall–Kier alpha value is -2.55. The number of esters is 1. The van der Waals surface area contributed by atoms with Crippen LogP contribution in [-0.2, 0) is 9.84 Å². The van der Waals surface area contributed by atoms with Crippen LogP contribution in [0.1, 0.15) is 10.4 Å². The summed E-state index contributed by atoms with van der Waals surface area (Å²) in [5, 5.41) is 15.5. The molecule has 3 rings (SSSR count). The van der Waals surface area contributed by atoms with E-state index >= 15 is 0 Å². The van der Waals surface area contributed by atoms with Gasteiger partial charge in [0.05, 0.1) is 12.7 Å². The molecule has 0 heterocycles. The summed E-state index contributed by atoms with van der Waals surface area (Å²) in [6.07, 6.45) is 0. The summed E-state index contributed by atoms with van der Waals surface area (Å²) < 4.78 is 4.67. The number of ether oxygens (including phenoxy) is 1. The van der Waals surface area contributed by atoms with Crippen molar-refractivity contribution in [3.8, 4) is 5.75 Å². The highest BCUT2D eigenvalue weighted by Gasteiger charge is 2.12. The second-order valence-corrected chi connectivity index (χ2v) is 4.35. The molecule has 0 aliphatic rings. The fourth-order valence-electron chi connectivity index (χ4n) is 2.32. The Morgan fingerprint density at radius 3 is 2.53 bits per heavy atom. The van der Waals surface area contributed by atoms with Crippen molar-refractivity contribution in [2.45, 2.75) is 0 Å². The van der Waals surface area contributed by atoms with Crippen molar-refractivity contribution in [1.82, 2.24) is 0 Å². The molecule has 0 bridgehead atoms. The summed E-state index contributed by atoms with van der Waals surface area (Å²) in [6, 6.07) is 14.5. The smallest absolute Gasteiger partial charge is 0.338 e. The van der Waals surface area contributed by atoms with Gasteiger partial charge in [0.1, 0.15) is 0 Å². The van der Waals surface area contributed by atoms with E-state index in [-0.39, 0.29) is 11.3 Å². The molecule has 3 heteroatoms. The zero-order valence-electron chi connectivity index (χ0n) is 10.3. The van der Waals surface area contributed by atoms with E-state index in [1.807, 2.05) is 30.3 Å². The Morgan fingerprint density at radius 1 is 0.947 bits per heavy atom. The quantitative estimate of drug-likeness (QED) is 0.486. The summed E-state index contributed by atoms with van der Waals surface area (Å²) in [5.41, 5.74) is 0.288. The largest absolute Gasteiger partial charge is 0.465 e. The van der Waals surface area contributed by atoms with Crippen LogP contribution >= 0.6 is 0 Å². The third kappa shape index (κ3) is 1.80. The number of carbonyl (C=O) groups is 1.